The maximum atomic E-state index is 15.0. The third-order valence-corrected chi connectivity index (χ3v) is 8.55. The number of alkyl halides is 1. The molecule has 8 nitrogen and oxygen atoms in total. The molecule has 1 aromatic carbocycles. The number of hydrogen-bond acceptors (Lipinski definition) is 7. The molecule has 2 unspecified atom stereocenters. The van der Waals surface area contributed by atoms with E-state index >= 15 is 0 Å². The lowest BCUT2D eigenvalue weighted by atomic mass is 9.93. The minimum atomic E-state index is -2.00. The van der Waals surface area contributed by atoms with Crippen molar-refractivity contribution in [2.24, 2.45) is 5.92 Å². The van der Waals surface area contributed by atoms with E-state index in [9.17, 15) is 14.3 Å². The molecule has 3 aliphatic rings. The average Bonchev–Trinajstić information content (AvgIpc) is 3.33. The van der Waals surface area contributed by atoms with Gasteiger partial charge in [0.15, 0.2) is 5.67 Å². The summed E-state index contributed by atoms with van der Waals surface area (Å²) >= 11 is 6.28. The highest BCUT2D eigenvalue weighted by Crippen LogP contribution is 2.36. The van der Waals surface area contributed by atoms with Crippen LogP contribution in [-0.4, -0.2) is 82.8 Å². The van der Waals surface area contributed by atoms with Gasteiger partial charge >= 0.3 is 0 Å². The summed E-state index contributed by atoms with van der Waals surface area (Å²) in [5.74, 6) is 1.19. The molecular formula is C29H37ClFN5O3. The van der Waals surface area contributed by atoms with Crippen LogP contribution in [0.15, 0.2) is 36.9 Å². The number of nitrogens with zero attached hydrogens (tertiary/aromatic N) is 4. The number of aliphatic hydroxyl groups is 1. The van der Waals surface area contributed by atoms with Gasteiger partial charge in [-0.15, -0.1) is 0 Å². The van der Waals surface area contributed by atoms with Crippen molar-refractivity contribution >= 4 is 23.3 Å². The number of nitrogens with one attached hydrogen (secondary N) is 1. The molecule has 2 aliphatic heterocycles. The predicted molar refractivity (Wildman–Crippen MR) is 148 cm³/mol. The second-order valence-corrected chi connectivity index (χ2v) is 11.2. The number of hydrogen-bond donors (Lipinski definition) is 2. The molecule has 1 amide bonds. The number of fused-ring (bicyclic) bond motifs is 1. The molecule has 39 heavy (non-hydrogen) atoms. The molecule has 10 heteroatoms. The van der Waals surface area contributed by atoms with Crippen LogP contribution in [0.5, 0.6) is 0 Å². The summed E-state index contributed by atoms with van der Waals surface area (Å²) in [6.45, 7) is 9.84. The van der Waals surface area contributed by atoms with Crippen LogP contribution in [0.25, 0.3) is 0 Å². The first-order chi connectivity index (χ1) is 18.8. The number of piperazine rings is 1. The molecule has 0 saturated carbocycles. The van der Waals surface area contributed by atoms with E-state index in [1.54, 1.807) is 18.2 Å². The van der Waals surface area contributed by atoms with E-state index in [1.807, 2.05) is 17.9 Å². The highest BCUT2D eigenvalue weighted by molar-refractivity contribution is 6.28. The van der Waals surface area contributed by atoms with Crippen molar-refractivity contribution in [3.05, 3.63) is 64.6 Å². The summed E-state index contributed by atoms with van der Waals surface area (Å²) in [6, 6.07) is 7.36. The van der Waals surface area contributed by atoms with Gasteiger partial charge in [0.05, 0.1) is 31.6 Å². The van der Waals surface area contributed by atoms with Gasteiger partial charge in [-0.1, -0.05) is 30.8 Å². The summed E-state index contributed by atoms with van der Waals surface area (Å²) in [5, 5.41) is 13.2. The monoisotopic (exact) mass is 557 g/mol. The zero-order chi connectivity index (χ0) is 27.6. The summed E-state index contributed by atoms with van der Waals surface area (Å²) in [4.78, 5) is 26.3. The topological polar surface area (TPSA) is 90.8 Å². The Morgan fingerprint density at radius 1 is 1.31 bits per heavy atom. The lowest BCUT2D eigenvalue weighted by molar-refractivity contribution is -0.135. The highest BCUT2D eigenvalue weighted by atomic mass is 35.5. The van der Waals surface area contributed by atoms with E-state index in [2.05, 4.69) is 26.8 Å². The van der Waals surface area contributed by atoms with Crippen molar-refractivity contribution in [1.82, 2.24) is 19.8 Å². The number of benzene rings is 1. The number of rotatable bonds is 10. The largest absolute Gasteiger partial charge is 0.392 e. The fourth-order valence-electron chi connectivity index (χ4n) is 5.73. The number of amides is 1. The van der Waals surface area contributed by atoms with E-state index in [0.29, 0.717) is 29.8 Å². The average molecular weight is 558 g/mol. The van der Waals surface area contributed by atoms with Crippen LogP contribution >= 0.6 is 11.6 Å². The number of carbonyl (C=O) groups excluding carboxylic acids is 1. The third-order valence-electron chi connectivity index (χ3n) is 8.38. The first-order valence-electron chi connectivity index (χ1n) is 13.7. The molecule has 0 radical (unpaired) electrons. The van der Waals surface area contributed by atoms with E-state index in [1.165, 1.54) is 0 Å². The predicted octanol–water partition coefficient (Wildman–Crippen LogP) is 3.68. The first kappa shape index (κ1) is 28.0. The van der Waals surface area contributed by atoms with Gasteiger partial charge in [-0.2, -0.15) is 0 Å². The second-order valence-electron chi connectivity index (χ2n) is 10.9. The Kier molecular flexibility index (Phi) is 8.52. The van der Waals surface area contributed by atoms with Gasteiger partial charge < -0.3 is 20.1 Å². The molecule has 1 aromatic heterocycles. The smallest absolute Gasteiger partial charge is 0.224 e. The van der Waals surface area contributed by atoms with Crippen molar-refractivity contribution in [2.75, 3.05) is 51.3 Å². The Bertz CT molecular complexity index is 1200. The molecule has 2 N–H and O–H groups in total. The summed E-state index contributed by atoms with van der Waals surface area (Å²) in [7, 11) is 0. The molecule has 3 atom stereocenters. The van der Waals surface area contributed by atoms with Gasteiger partial charge in [-0.05, 0) is 60.9 Å². The first-order valence-corrected chi connectivity index (χ1v) is 14.1. The van der Waals surface area contributed by atoms with Gasteiger partial charge in [0.1, 0.15) is 5.82 Å². The second kappa shape index (κ2) is 11.9. The minimum Gasteiger partial charge on any atom is -0.392 e. The Morgan fingerprint density at radius 2 is 2.08 bits per heavy atom. The van der Waals surface area contributed by atoms with E-state index < -0.39 is 12.3 Å². The molecule has 2 aromatic rings. The minimum absolute atomic E-state index is 0.179. The summed E-state index contributed by atoms with van der Waals surface area (Å²) in [5.41, 5.74) is 1.14. The SMILES string of the molecule is C=CC(F)(CO)c1cccc([C@@H](C)Nc2nc(Cl)nc3c2CC(CCC(=O)N2CCN(C4COC4)CC2)C3)c1. The van der Waals surface area contributed by atoms with Gasteiger partial charge in [-0.3, -0.25) is 9.69 Å². The van der Waals surface area contributed by atoms with Crippen LogP contribution in [0, 0.1) is 5.92 Å². The number of aromatic nitrogens is 2. The van der Waals surface area contributed by atoms with Gasteiger partial charge in [-0.25, -0.2) is 14.4 Å². The van der Waals surface area contributed by atoms with Crippen LogP contribution < -0.4 is 5.32 Å². The Hall–Kier alpha value is -2.59. The zero-order valence-corrected chi connectivity index (χ0v) is 23.2. The Morgan fingerprint density at radius 3 is 2.74 bits per heavy atom. The molecule has 1 aliphatic carbocycles. The lowest BCUT2D eigenvalue weighted by Gasteiger charge is -2.42. The molecule has 3 heterocycles. The maximum Gasteiger partial charge on any atom is 0.224 e. The number of ether oxygens (including phenoxy) is 1. The normalized spacial score (nSPS) is 22.1. The van der Waals surface area contributed by atoms with Crippen LogP contribution in [0.3, 0.4) is 0 Å². The standard InChI is InChI=1S/C29H37ClFN5O3/c1-3-29(31,18-37)22-6-4-5-21(15-22)19(2)32-27-24-13-20(14-25(24)33-28(30)34-27)7-8-26(38)36-11-9-35(10-12-36)23-16-39-17-23/h3-6,15,19-20,23,37H,1,7-14,16-18H2,2H3,(H,32,33,34)/t19-,20?,29?/m1/s1. The molecule has 210 valence electrons. The van der Waals surface area contributed by atoms with Gasteiger partial charge in [0.2, 0.25) is 11.2 Å². The van der Waals surface area contributed by atoms with E-state index in [-0.39, 0.29) is 17.2 Å². The van der Waals surface area contributed by atoms with Crippen molar-refractivity contribution in [2.45, 2.75) is 50.4 Å². The zero-order valence-electron chi connectivity index (χ0n) is 22.4. The molecule has 2 saturated heterocycles. The van der Waals surface area contributed by atoms with Crippen molar-refractivity contribution in [1.29, 1.82) is 0 Å². The molecular weight excluding hydrogens is 521 g/mol. The highest BCUT2D eigenvalue weighted by Gasteiger charge is 2.32. The molecule has 0 spiro atoms. The lowest BCUT2D eigenvalue weighted by Crippen LogP contribution is -2.57. The number of carbonyl (C=O) groups is 1. The Balaban J connectivity index is 1.19. The maximum absolute atomic E-state index is 15.0. The number of anilines is 1. The summed E-state index contributed by atoms with van der Waals surface area (Å²) in [6.07, 6.45) is 3.98. The number of halogens is 2. The van der Waals surface area contributed by atoms with Crippen molar-refractivity contribution < 1.29 is 19.0 Å². The van der Waals surface area contributed by atoms with Crippen LogP contribution in [0.1, 0.15) is 48.2 Å². The fraction of sp³-hybridized carbons (Fsp3) is 0.552. The Labute approximate surface area is 234 Å². The van der Waals surface area contributed by atoms with Crippen LogP contribution in [0.2, 0.25) is 5.28 Å². The number of aliphatic hydroxyl groups excluding tert-OH is 1. The van der Waals surface area contributed by atoms with Crippen molar-refractivity contribution in [3.8, 4) is 0 Å². The van der Waals surface area contributed by atoms with Gasteiger partial charge in [0, 0.05) is 44.2 Å². The fourth-order valence-corrected chi connectivity index (χ4v) is 5.91. The third kappa shape index (κ3) is 6.11. The van der Waals surface area contributed by atoms with Crippen molar-refractivity contribution in [3.63, 3.8) is 0 Å². The van der Waals surface area contributed by atoms with Crippen LogP contribution in [0.4, 0.5) is 10.2 Å². The van der Waals surface area contributed by atoms with E-state index in [0.717, 1.165) is 81.6 Å². The quantitative estimate of drug-likeness (QED) is 0.340. The summed E-state index contributed by atoms with van der Waals surface area (Å²) < 4.78 is 20.3. The van der Waals surface area contributed by atoms with Gasteiger partial charge in [0.25, 0.3) is 0 Å². The van der Waals surface area contributed by atoms with Crippen LogP contribution in [-0.2, 0) is 28.0 Å². The molecule has 2 fully saturated rings. The molecule has 5 rings (SSSR count). The molecule has 0 bridgehead atoms. The van der Waals surface area contributed by atoms with E-state index in [4.69, 9.17) is 16.3 Å².